The van der Waals surface area contributed by atoms with Crippen LogP contribution in [0.25, 0.3) is 0 Å². The molecule has 114 valence electrons. The Morgan fingerprint density at radius 1 is 1.41 bits per heavy atom. The summed E-state index contributed by atoms with van der Waals surface area (Å²) < 4.78 is 5.68. The first kappa shape index (κ1) is 13.3. The van der Waals surface area contributed by atoms with Crippen LogP contribution in [0.15, 0.2) is 18.2 Å². The number of carbonyl (C=O) groups is 1. The van der Waals surface area contributed by atoms with Gasteiger partial charge in [-0.15, -0.1) is 0 Å². The van der Waals surface area contributed by atoms with Crippen LogP contribution in [0.3, 0.4) is 0 Å². The first-order valence-electron chi connectivity index (χ1n) is 7.56. The predicted octanol–water partition coefficient (Wildman–Crippen LogP) is 1.40. The quantitative estimate of drug-likeness (QED) is 0.835. The molecule has 2 N–H and O–H groups in total. The van der Waals surface area contributed by atoms with Crippen LogP contribution in [0.5, 0.6) is 5.75 Å². The summed E-state index contributed by atoms with van der Waals surface area (Å²) in [6.07, 6.45) is 0.883. The third kappa shape index (κ3) is 2.07. The Kier molecular flexibility index (Phi) is 3.11. The zero-order valence-electron chi connectivity index (χ0n) is 12.5. The van der Waals surface area contributed by atoms with Gasteiger partial charge in [-0.1, -0.05) is 6.07 Å². The zero-order valence-corrected chi connectivity index (χ0v) is 12.5. The summed E-state index contributed by atoms with van der Waals surface area (Å²) >= 11 is 0. The van der Waals surface area contributed by atoms with Crippen molar-refractivity contribution in [2.45, 2.75) is 19.9 Å². The Labute approximate surface area is 128 Å². The van der Waals surface area contributed by atoms with E-state index in [2.05, 4.69) is 15.5 Å². The number of rotatable bonds is 1. The van der Waals surface area contributed by atoms with Gasteiger partial charge in [0, 0.05) is 30.8 Å². The Balaban J connectivity index is 1.71. The molecule has 2 aliphatic rings. The minimum Gasteiger partial charge on any atom is -0.490 e. The van der Waals surface area contributed by atoms with Gasteiger partial charge in [0.15, 0.2) is 5.69 Å². The van der Waals surface area contributed by atoms with Gasteiger partial charge in [0.25, 0.3) is 5.91 Å². The average molecular weight is 298 g/mol. The monoisotopic (exact) mass is 298 g/mol. The number of aromatic nitrogens is 2. The van der Waals surface area contributed by atoms with Gasteiger partial charge in [-0.2, -0.15) is 5.10 Å². The number of aryl methyl sites for hydroxylation is 1. The Hall–Kier alpha value is -2.34. The molecule has 0 unspecified atom stereocenters. The molecule has 0 aliphatic carbocycles. The maximum Gasteiger partial charge on any atom is 0.279 e. The maximum atomic E-state index is 12.9. The number of H-pyrrole nitrogens is 1. The Morgan fingerprint density at radius 2 is 2.32 bits per heavy atom. The first-order valence-corrected chi connectivity index (χ1v) is 7.56. The third-order valence-corrected chi connectivity index (χ3v) is 4.23. The van der Waals surface area contributed by atoms with Crippen LogP contribution in [-0.4, -0.2) is 35.8 Å². The number of carbonyl (C=O) groups excluding carboxylic acids is 1. The lowest BCUT2D eigenvalue weighted by Crippen LogP contribution is -2.39. The van der Waals surface area contributed by atoms with E-state index < -0.39 is 0 Å². The van der Waals surface area contributed by atoms with E-state index in [0.717, 1.165) is 41.2 Å². The van der Waals surface area contributed by atoms with Crippen molar-refractivity contribution in [3.63, 3.8) is 0 Å². The second kappa shape index (κ2) is 5.14. The molecule has 22 heavy (non-hydrogen) atoms. The number of benzene rings is 1. The van der Waals surface area contributed by atoms with Crippen LogP contribution < -0.4 is 15.0 Å². The van der Waals surface area contributed by atoms with Gasteiger partial charge in [0.2, 0.25) is 0 Å². The lowest BCUT2D eigenvalue weighted by Gasteiger charge is -2.29. The molecule has 0 spiro atoms. The van der Waals surface area contributed by atoms with Gasteiger partial charge in [-0.05, 0) is 24.6 Å². The van der Waals surface area contributed by atoms with Crippen molar-refractivity contribution in [1.82, 2.24) is 15.5 Å². The number of hydrogen-bond acceptors (Lipinski definition) is 4. The van der Waals surface area contributed by atoms with Gasteiger partial charge in [0.1, 0.15) is 12.4 Å². The van der Waals surface area contributed by atoms with Crippen molar-refractivity contribution in [2.24, 2.45) is 0 Å². The van der Waals surface area contributed by atoms with E-state index in [1.165, 1.54) is 0 Å². The number of ether oxygens (including phenoxy) is 1. The Bertz CT molecular complexity index is 738. The highest BCUT2D eigenvalue weighted by Gasteiger charge is 2.29. The number of aromatic amines is 1. The molecule has 1 aromatic heterocycles. The number of nitrogens with one attached hydrogen (secondary N) is 2. The summed E-state index contributed by atoms with van der Waals surface area (Å²) in [6, 6.07) is 5.91. The molecule has 0 saturated carbocycles. The number of nitrogens with zero attached hydrogens (tertiary/aromatic N) is 2. The molecule has 0 bridgehead atoms. The maximum absolute atomic E-state index is 12.9. The van der Waals surface area contributed by atoms with Crippen molar-refractivity contribution in [2.75, 3.05) is 24.6 Å². The summed E-state index contributed by atoms with van der Waals surface area (Å²) in [5.41, 5.74) is 4.53. The minimum atomic E-state index is -0.0606. The molecule has 1 amide bonds. The minimum absolute atomic E-state index is 0.0606. The molecular formula is C16H18N4O2. The van der Waals surface area contributed by atoms with Crippen LogP contribution in [-0.2, 0) is 13.0 Å². The molecule has 0 radical (unpaired) electrons. The van der Waals surface area contributed by atoms with Gasteiger partial charge in [-0.3, -0.25) is 9.89 Å². The molecular weight excluding hydrogens is 280 g/mol. The summed E-state index contributed by atoms with van der Waals surface area (Å²) in [4.78, 5) is 14.7. The highest BCUT2D eigenvalue weighted by atomic mass is 16.5. The Morgan fingerprint density at radius 3 is 3.23 bits per heavy atom. The molecule has 2 aromatic rings. The fourth-order valence-electron chi connectivity index (χ4n) is 3.07. The van der Waals surface area contributed by atoms with E-state index in [-0.39, 0.29) is 5.91 Å². The molecule has 3 heterocycles. The highest BCUT2D eigenvalue weighted by Crippen LogP contribution is 2.33. The van der Waals surface area contributed by atoms with Crippen molar-refractivity contribution >= 4 is 11.6 Å². The molecule has 6 nitrogen and oxygen atoms in total. The molecule has 0 atom stereocenters. The van der Waals surface area contributed by atoms with E-state index in [1.54, 1.807) is 4.90 Å². The van der Waals surface area contributed by atoms with Crippen molar-refractivity contribution in [3.05, 3.63) is 40.7 Å². The number of fused-ring (bicyclic) bond motifs is 2. The topological polar surface area (TPSA) is 70.2 Å². The predicted molar refractivity (Wildman–Crippen MR) is 82.3 cm³/mol. The fourth-order valence-corrected chi connectivity index (χ4v) is 3.07. The largest absolute Gasteiger partial charge is 0.490 e. The van der Waals surface area contributed by atoms with E-state index >= 15 is 0 Å². The second-order valence-electron chi connectivity index (χ2n) is 5.73. The molecule has 1 aromatic carbocycles. The van der Waals surface area contributed by atoms with E-state index in [9.17, 15) is 4.79 Å². The molecule has 0 fully saturated rings. The number of hydrogen-bond donors (Lipinski definition) is 2. The van der Waals surface area contributed by atoms with Crippen LogP contribution in [0.1, 0.15) is 27.3 Å². The average Bonchev–Trinajstić information content (AvgIpc) is 2.97. The molecule has 0 saturated heterocycles. The van der Waals surface area contributed by atoms with Gasteiger partial charge in [0.05, 0.1) is 12.2 Å². The SMILES string of the molecule is Cc1ccc2c(c1)OCCN2C(=O)c1n[nH]c2c1CNCC2. The van der Waals surface area contributed by atoms with Gasteiger partial charge < -0.3 is 15.0 Å². The van der Waals surface area contributed by atoms with Crippen LogP contribution >= 0.6 is 0 Å². The van der Waals surface area contributed by atoms with Crippen molar-refractivity contribution < 1.29 is 9.53 Å². The van der Waals surface area contributed by atoms with Crippen LogP contribution in [0.2, 0.25) is 0 Å². The smallest absolute Gasteiger partial charge is 0.279 e. The summed E-state index contributed by atoms with van der Waals surface area (Å²) in [5, 5.41) is 10.6. The summed E-state index contributed by atoms with van der Waals surface area (Å²) in [6.45, 7) is 4.68. The van der Waals surface area contributed by atoms with E-state index in [1.807, 2.05) is 25.1 Å². The lowest BCUT2D eigenvalue weighted by atomic mass is 10.1. The zero-order chi connectivity index (χ0) is 15.1. The standard InChI is InChI=1S/C16H18N4O2/c1-10-2-3-13-14(8-10)22-7-6-20(13)16(21)15-11-9-17-5-4-12(11)18-19-15/h2-3,8,17H,4-7,9H2,1H3,(H,18,19). The van der Waals surface area contributed by atoms with Crippen LogP contribution in [0, 0.1) is 6.92 Å². The fraction of sp³-hybridized carbons (Fsp3) is 0.375. The summed E-state index contributed by atoms with van der Waals surface area (Å²) in [5.74, 6) is 0.705. The molecule has 2 aliphatic heterocycles. The van der Waals surface area contributed by atoms with Crippen LogP contribution in [0.4, 0.5) is 5.69 Å². The first-order chi connectivity index (χ1) is 10.7. The highest BCUT2D eigenvalue weighted by molar-refractivity contribution is 6.07. The van der Waals surface area contributed by atoms with Crippen molar-refractivity contribution in [1.29, 1.82) is 0 Å². The third-order valence-electron chi connectivity index (χ3n) is 4.23. The van der Waals surface area contributed by atoms with Crippen molar-refractivity contribution in [3.8, 4) is 5.75 Å². The van der Waals surface area contributed by atoms with E-state index in [0.29, 0.717) is 25.4 Å². The second-order valence-corrected chi connectivity index (χ2v) is 5.73. The molecule has 4 rings (SSSR count). The van der Waals surface area contributed by atoms with Gasteiger partial charge in [-0.25, -0.2) is 0 Å². The number of anilines is 1. The summed E-state index contributed by atoms with van der Waals surface area (Å²) in [7, 11) is 0. The normalized spacial score (nSPS) is 16.7. The number of amides is 1. The van der Waals surface area contributed by atoms with Gasteiger partial charge >= 0.3 is 0 Å². The van der Waals surface area contributed by atoms with E-state index in [4.69, 9.17) is 4.74 Å². The molecule has 6 heteroatoms. The lowest BCUT2D eigenvalue weighted by molar-refractivity contribution is 0.0970.